The summed E-state index contributed by atoms with van der Waals surface area (Å²) in [5.74, 6) is 1.90. The molecule has 1 atom stereocenters. The molecule has 2 aromatic heterocycles. The van der Waals surface area contributed by atoms with Crippen molar-refractivity contribution < 1.29 is 0 Å². The van der Waals surface area contributed by atoms with Gasteiger partial charge in [-0.25, -0.2) is 9.97 Å². The molecule has 1 aliphatic carbocycles. The monoisotopic (exact) mass is 284 g/mol. The first kappa shape index (κ1) is 14.1. The number of nitrogens with one attached hydrogen (secondary N) is 1. The maximum atomic E-state index is 4.54. The molecular formula is C17H24N4. The molecule has 0 spiro atoms. The maximum absolute atomic E-state index is 4.54. The van der Waals surface area contributed by atoms with Gasteiger partial charge in [0.15, 0.2) is 5.82 Å². The van der Waals surface area contributed by atoms with E-state index in [1.807, 2.05) is 36.1 Å². The summed E-state index contributed by atoms with van der Waals surface area (Å²) in [5, 5.41) is 3.71. The predicted octanol–water partition coefficient (Wildman–Crippen LogP) is 3.96. The highest BCUT2D eigenvalue weighted by Crippen LogP contribution is 2.36. The summed E-state index contributed by atoms with van der Waals surface area (Å²) in [7, 11) is 0. The fourth-order valence-corrected chi connectivity index (χ4v) is 3.34. The molecule has 4 nitrogen and oxygen atoms in total. The fraction of sp³-hybridized carbons (Fsp3) is 0.529. The molecule has 1 saturated carbocycles. The first-order valence-electron chi connectivity index (χ1n) is 7.77. The lowest BCUT2D eigenvalue weighted by molar-refractivity contribution is 0.229. The van der Waals surface area contributed by atoms with Gasteiger partial charge in [-0.05, 0) is 43.7 Å². The van der Waals surface area contributed by atoms with Crippen molar-refractivity contribution in [1.29, 1.82) is 0 Å². The van der Waals surface area contributed by atoms with Gasteiger partial charge in [0.05, 0.1) is 5.69 Å². The standard InChI is InChI=1S/C17H24N4/c1-13-18-10-11-21(13)16-15(7-5-9-19-16)20-14-6-4-8-17(2,3)12-14/h5,7,9-11,14,20H,4,6,8,12H2,1-3H3. The molecule has 0 radical (unpaired) electrons. The van der Waals surface area contributed by atoms with Gasteiger partial charge in [-0.3, -0.25) is 4.57 Å². The summed E-state index contributed by atoms with van der Waals surface area (Å²) in [5.41, 5.74) is 1.53. The van der Waals surface area contributed by atoms with Gasteiger partial charge in [0.2, 0.25) is 0 Å². The van der Waals surface area contributed by atoms with Crippen molar-refractivity contribution in [2.75, 3.05) is 5.32 Å². The van der Waals surface area contributed by atoms with Gasteiger partial charge in [0, 0.05) is 24.6 Å². The molecular weight excluding hydrogens is 260 g/mol. The Morgan fingerprint density at radius 1 is 1.29 bits per heavy atom. The van der Waals surface area contributed by atoms with Crippen LogP contribution in [0.1, 0.15) is 45.4 Å². The van der Waals surface area contributed by atoms with Crippen LogP contribution in [0.5, 0.6) is 0 Å². The molecule has 1 aliphatic rings. The van der Waals surface area contributed by atoms with Gasteiger partial charge in [-0.2, -0.15) is 0 Å². The molecule has 1 fully saturated rings. The number of pyridine rings is 1. The normalized spacial score (nSPS) is 21.2. The summed E-state index contributed by atoms with van der Waals surface area (Å²) in [4.78, 5) is 8.84. The molecule has 4 heteroatoms. The zero-order valence-electron chi connectivity index (χ0n) is 13.1. The van der Waals surface area contributed by atoms with Crippen LogP contribution in [-0.2, 0) is 0 Å². The molecule has 2 heterocycles. The molecule has 112 valence electrons. The van der Waals surface area contributed by atoms with E-state index in [9.17, 15) is 0 Å². The third-order valence-corrected chi connectivity index (χ3v) is 4.41. The van der Waals surface area contributed by atoms with Gasteiger partial charge >= 0.3 is 0 Å². The highest BCUT2D eigenvalue weighted by Gasteiger charge is 2.28. The minimum absolute atomic E-state index is 0.434. The van der Waals surface area contributed by atoms with Crippen LogP contribution in [0.3, 0.4) is 0 Å². The number of hydrogen-bond acceptors (Lipinski definition) is 3. The Morgan fingerprint density at radius 2 is 2.14 bits per heavy atom. The molecule has 0 amide bonds. The molecule has 2 aromatic rings. The van der Waals surface area contributed by atoms with Crippen LogP contribution in [0.4, 0.5) is 5.69 Å². The molecule has 0 aliphatic heterocycles. The average Bonchev–Trinajstić information content (AvgIpc) is 2.84. The Kier molecular flexibility index (Phi) is 3.70. The molecule has 1 N–H and O–H groups in total. The Hall–Kier alpha value is -1.84. The lowest BCUT2D eigenvalue weighted by atomic mass is 9.75. The second kappa shape index (κ2) is 5.51. The SMILES string of the molecule is Cc1nccn1-c1ncccc1NC1CCCC(C)(C)C1. The van der Waals surface area contributed by atoms with Crippen LogP contribution in [0.25, 0.3) is 5.82 Å². The second-order valence-electron chi connectivity index (χ2n) is 6.82. The molecule has 0 aromatic carbocycles. The van der Waals surface area contributed by atoms with Crippen molar-refractivity contribution in [2.24, 2.45) is 5.41 Å². The topological polar surface area (TPSA) is 42.7 Å². The Morgan fingerprint density at radius 3 is 2.86 bits per heavy atom. The largest absolute Gasteiger partial charge is 0.379 e. The lowest BCUT2D eigenvalue weighted by Gasteiger charge is -2.36. The van der Waals surface area contributed by atoms with Gasteiger partial charge in [-0.1, -0.05) is 20.3 Å². The van der Waals surface area contributed by atoms with Crippen LogP contribution in [0, 0.1) is 12.3 Å². The first-order valence-corrected chi connectivity index (χ1v) is 7.77. The fourth-order valence-electron chi connectivity index (χ4n) is 3.34. The number of hydrogen-bond donors (Lipinski definition) is 1. The summed E-state index contributed by atoms with van der Waals surface area (Å²) < 4.78 is 2.04. The van der Waals surface area contributed by atoms with Gasteiger partial charge in [-0.15, -0.1) is 0 Å². The molecule has 0 saturated heterocycles. The van der Waals surface area contributed by atoms with Crippen molar-refractivity contribution in [1.82, 2.24) is 14.5 Å². The number of rotatable bonds is 3. The van der Waals surface area contributed by atoms with Gasteiger partial charge in [0.1, 0.15) is 5.82 Å². The summed E-state index contributed by atoms with van der Waals surface area (Å²) in [6.07, 6.45) is 10.7. The molecule has 21 heavy (non-hydrogen) atoms. The van der Waals surface area contributed by atoms with Crippen molar-refractivity contribution in [3.63, 3.8) is 0 Å². The van der Waals surface area contributed by atoms with Crippen LogP contribution >= 0.6 is 0 Å². The third kappa shape index (κ3) is 3.09. The zero-order valence-corrected chi connectivity index (χ0v) is 13.1. The predicted molar refractivity (Wildman–Crippen MR) is 85.8 cm³/mol. The molecule has 0 bridgehead atoms. The van der Waals surface area contributed by atoms with E-state index in [4.69, 9.17) is 0 Å². The van der Waals surface area contributed by atoms with E-state index in [0.29, 0.717) is 11.5 Å². The van der Waals surface area contributed by atoms with Crippen LogP contribution < -0.4 is 5.32 Å². The minimum atomic E-state index is 0.434. The third-order valence-electron chi connectivity index (χ3n) is 4.41. The van der Waals surface area contributed by atoms with Crippen LogP contribution in [-0.4, -0.2) is 20.6 Å². The zero-order chi connectivity index (χ0) is 14.9. The highest BCUT2D eigenvalue weighted by molar-refractivity contribution is 5.57. The van der Waals surface area contributed by atoms with E-state index in [2.05, 4.69) is 35.2 Å². The lowest BCUT2D eigenvalue weighted by Crippen LogP contribution is -2.32. The van der Waals surface area contributed by atoms with Gasteiger partial charge in [0.25, 0.3) is 0 Å². The second-order valence-corrected chi connectivity index (χ2v) is 6.82. The van der Waals surface area contributed by atoms with Crippen LogP contribution in [0.2, 0.25) is 0 Å². The Labute approximate surface area is 126 Å². The number of nitrogens with zero attached hydrogens (tertiary/aromatic N) is 3. The number of aromatic nitrogens is 3. The smallest absolute Gasteiger partial charge is 0.161 e. The van der Waals surface area contributed by atoms with Gasteiger partial charge < -0.3 is 5.32 Å². The number of imidazole rings is 1. The molecule has 3 rings (SSSR count). The van der Waals surface area contributed by atoms with E-state index in [1.54, 1.807) is 0 Å². The van der Waals surface area contributed by atoms with E-state index in [1.165, 1.54) is 25.7 Å². The molecule has 1 unspecified atom stereocenters. The van der Waals surface area contributed by atoms with E-state index < -0.39 is 0 Å². The highest BCUT2D eigenvalue weighted by atomic mass is 15.1. The number of anilines is 1. The first-order chi connectivity index (χ1) is 10.1. The summed E-state index contributed by atoms with van der Waals surface area (Å²) in [6, 6.07) is 4.63. The van der Waals surface area contributed by atoms with Crippen LogP contribution in [0.15, 0.2) is 30.7 Å². The quantitative estimate of drug-likeness (QED) is 0.927. The summed E-state index contributed by atoms with van der Waals surface area (Å²) >= 11 is 0. The van der Waals surface area contributed by atoms with E-state index in [-0.39, 0.29) is 0 Å². The van der Waals surface area contributed by atoms with E-state index in [0.717, 1.165) is 17.3 Å². The average molecular weight is 284 g/mol. The maximum Gasteiger partial charge on any atom is 0.161 e. The Balaban J connectivity index is 1.85. The van der Waals surface area contributed by atoms with Crippen molar-refractivity contribution >= 4 is 5.69 Å². The van der Waals surface area contributed by atoms with Crippen molar-refractivity contribution in [2.45, 2.75) is 52.5 Å². The van der Waals surface area contributed by atoms with Crippen molar-refractivity contribution in [3.8, 4) is 5.82 Å². The minimum Gasteiger partial charge on any atom is -0.379 e. The van der Waals surface area contributed by atoms with Crippen molar-refractivity contribution in [3.05, 3.63) is 36.5 Å². The summed E-state index contributed by atoms with van der Waals surface area (Å²) in [6.45, 7) is 6.73. The Bertz CT molecular complexity index is 615. The number of aryl methyl sites for hydroxylation is 1. The van der Waals surface area contributed by atoms with E-state index >= 15 is 0 Å².